The quantitative estimate of drug-likeness (QED) is 0.705. The van der Waals surface area contributed by atoms with Crippen LogP contribution in [0.5, 0.6) is 0 Å². The maximum absolute atomic E-state index is 12.3. The van der Waals surface area contributed by atoms with Gasteiger partial charge in [-0.2, -0.15) is 10.5 Å². The first-order valence-corrected chi connectivity index (χ1v) is 8.78. The molecule has 0 aliphatic rings. The molecule has 29 heavy (non-hydrogen) atoms. The van der Waals surface area contributed by atoms with Gasteiger partial charge in [-0.1, -0.05) is 12.1 Å². The lowest BCUT2D eigenvalue weighted by Gasteiger charge is -2.09. The molecule has 0 saturated heterocycles. The van der Waals surface area contributed by atoms with Crippen LogP contribution >= 0.6 is 0 Å². The summed E-state index contributed by atoms with van der Waals surface area (Å²) in [5.74, 6) is -0.533. The van der Waals surface area contributed by atoms with Crippen molar-refractivity contribution >= 4 is 17.5 Å². The van der Waals surface area contributed by atoms with E-state index in [1.165, 1.54) is 0 Å². The molecular formula is C23H16N4O2. The van der Waals surface area contributed by atoms with Crippen LogP contribution in [0.15, 0.2) is 72.8 Å². The number of nitriles is 2. The van der Waals surface area contributed by atoms with Crippen molar-refractivity contribution in [2.24, 2.45) is 0 Å². The number of hydrogen-bond acceptors (Lipinski definition) is 4. The Labute approximate surface area is 168 Å². The van der Waals surface area contributed by atoms with Gasteiger partial charge in [-0.05, 0) is 66.2 Å². The van der Waals surface area contributed by atoms with Gasteiger partial charge in [-0.25, -0.2) is 0 Å². The van der Waals surface area contributed by atoms with Gasteiger partial charge in [0.1, 0.15) is 0 Å². The van der Waals surface area contributed by atoms with E-state index in [0.29, 0.717) is 34.5 Å². The molecule has 2 amide bonds. The summed E-state index contributed by atoms with van der Waals surface area (Å²) >= 11 is 0. The van der Waals surface area contributed by atoms with Crippen molar-refractivity contribution in [3.8, 4) is 12.1 Å². The minimum Gasteiger partial charge on any atom is -0.348 e. The molecular weight excluding hydrogens is 364 g/mol. The average Bonchev–Trinajstić information content (AvgIpc) is 2.77. The van der Waals surface area contributed by atoms with Gasteiger partial charge in [0, 0.05) is 23.4 Å². The topological polar surface area (TPSA) is 106 Å². The molecule has 0 bridgehead atoms. The minimum atomic E-state index is -0.284. The largest absolute Gasteiger partial charge is 0.348 e. The predicted octanol–water partition coefficient (Wildman–Crippen LogP) is 3.61. The number of carbonyl (C=O) groups excluding carboxylic acids is 2. The fourth-order valence-electron chi connectivity index (χ4n) is 2.64. The Hall–Kier alpha value is -4.42. The van der Waals surface area contributed by atoms with Crippen molar-refractivity contribution in [3.63, 3.8) is 0 Å². The molecule has 6 heteroatoms. The van der Waals surface area contributed by atoms with Crippen molar-refractivity contribution in [3.05, 3.63) is 101 Å². The number of amides is 2. The highest BCUT2D eigenvalue weighted by Gasteiger charge is 2.08. The molecule has 140 valence electrons. The van der Waals surface area contributed by atoms with Gasteiger partial charge >= 0.3 is 0 Å². The highest BCUT2D eigenvalue weighted by atomic mass is 16.2. The molecule has 0 radical (unpaired) electrons. The Bertz CT molecular complexity index is 1120. The standard InChI is InChI=1S/C23H16N4O2/c24-13-16-4-8-19(9-5-16)22(28)26-15-18-2-1-3-21(12-18)27-23(29)20-10-6-17(14-25)7-11-20/h1-12H,15H2,(H,26,28)(H,27,29). The van der Waals surface area contributed by atoms with Crippen molar-refractivity contribution in [1.29, 1.82) is 10.5 Å². The number of nitrogens with zero attached hydrogens (tertiary/aromatic N) is 2. The first kappa shape index (κ1) is 19.3. The van der Waals surface area contributed by atoms with E-state index in [-0.39, 0.29) is 11.8 Å². The third-order valence-electron chi connectivity index (χ3n) is 4.19. The third kappa shape index (κ3) is 5.06. The molecule has 3 aromatic rings. The molecule has 0 saturated carbocycles. The lowest BCUT2D eigenvalue weighted by Crippen LogP contribution is -2.22. The van der Waals surface area contributed by atoms with E-state index in [1.54, 1.807) is 66.7 Å². The molecule has 3 aromatic carbocycles. The van der Waals surface area contributed by atoms with Crippen LogP contribution in [0.2, 0.25) is 0 Å². The van der Waals surface area contributed by atoms with Gasteiger partial charge in [0.15, 0.2) is 0 Å². The summed E-state index contributed by atoms with van der Waals surface area (Å²) in [5.41, 5.74) is 3.32. The Morgan fingerprint density at radius 1 is 0.759 bits per heavy atom. The van der Waals surface area contributed by atoms with Crippen LogP contribution in [0, 0.1) is 22.7 Å². The molecule has 6 nitrogen and oxygen atoms in total. The zero-order valence-electron chi connectivity index (χ0n) is 15.3. The van der Waals surface area contributed by atoms with Crippen molar-refractivity contribution in [2.75, 3.05) is 5.32 Å². The summed E-state index contributed by atoms with van der Waals surface area (Å²) in [6.45, 7) is 0.291. The van der Waals surface area contributed by atoms with E-state index in [9.17, 15) is 9.59 Å². The highest BCUT2D eigenvalue weighted by Crippen LogP contribution is 2.13. The predicted molar refractivity (Wildman–Crippen MR) is 108 cm³/mol. The first-order valence-electron chi connectivity index (χ1n) is 8.78. The van der Waals surface area contributed by atoms with Crippen LogP contribution in [-0.2, 0) is 6.54 Å². The summed E-state index contributed by atoms with van der Waals surface area (Å²) < 4.78 is 0. The van der Waals surface area contributed by atoms with E-state index in [0.717, 1.165) is 5.56 Å². The fourth-order valence-corrected chi connectivity index (χ4v) is 2.64. The van der Waals surface area contributed by atoms with Crippen molar-refractivity contribution in [1.82, 2.24) is 5.32 Å². The van der Waals surface area contributed by atoms with Gasteiger partial charge in [0.25, 0.3) is 11.8 Å². The van der Waals surface area contributed by atoms with Crippen molar-refractivity contribution in [2.45, 2.75) is 6.54 Å². The molecule has 2 N–H and O–H groups in total. The Balaban J connectivity index is 1.61. The summed E-state index contributed by atoms with van der Waals surface area (Å²) in [7, 11) is 0. The van der Waals surface area contributed by atoms with Crippen LogP contribution in [0.25, 0.3) is 0 Å². The molecule has 0 atom stereocenters. The van der Waals surface area contributed by atoms with Crippen LogP contribution in [0.4, 0.5) is 5.69 Å². The van der Waals surface area contributed by atoms with E-state index in [1.807, 2.05) is 18.2 Å². The zero-order valence-corrected chi connectivity index (χ0v) is 15.3. The molecule has 3 rings (SSSR count). The Kier molecular flexibility index (Phi) is 5.99. The summed E-state index contributed by atoms with van der Waals surface area (Å²) in [5, 5.41) is 23.3. The Morgan fingerprint density at radius 3 is 1.86 bits per heavy atom. The molecule has 0 aromatic heterocycles. The second-order valence-corrected chi connectivity index (χ2v) is 6.22. The second-order valence-electron chi connectivity index (χ2n) is 6.22. The van der Waals surface area contributed by atoms with Crippen molar-refractivity contribution < 1.29 is 9.59 Å². The maximum Gasteiger partial charge on any atom is 0.255 e. The molecule has 0 aliphatic heterocycles. The van der Waals surface area contributed by atoms with E-state index in [2.05, 4.69) is 10.6 Å². The number of benzene rings is 3. The van der Waals surface area contributed by atoms with Gasteiger partial charge in [0.05, 0.1) is 23.3 Å². The smallest absolute Gasteiger partial charge is 0.255 e. The third-order valence-corrected chi connectivity index (χ3v) is 4.19. The van der Waals surface area contributed by atoms with Crippen LogP contribution in [0.3, 0.4) is 0 Å². The maximum atomic E-state index is 12.3. The minimum absolute atomic E-state index is 0.249. The van der Waals surface area contributed by atoms with Gasteiger partial charge < -0.3 is 10.6 Å². The highest BCUT2D eigenvalue weighted by molar-refractivity contribution is 6.04. The number of nitrogens with one attached hydrogen (secondary N) is 2. The van der Waals surface area contributed by atoms with E-state index >= 15 is 0 Å². The molecule has 0 heterocycles. The average molecular weight is 380 g/mol. The normalized spacial score (nSPS) is 9.72. The lowest BCUT2D eigenvalue weighted by molar-refractivity contribution is 0.0950. The van der Waals surface area contributed by atoms with Crippen LogP contribution < -0.4 is 10.6 Å². The number of hydrogen-bond donors (Lipinski definition) is 2. The monoisotopic (exact) mass is 380 g/mol. The fraction of sp³-hybridized carbons (Fsp3) is 0.0435. The van der Waals surface area contributed by atoms with Crippen LogP contribution in [-0.4, -0.2) is 11.8 Å². The molecule has 0 aliphatic carbocycles. The second kappa shape index (κ2) is 8.98. The molecule has 0 fully saturated rings. The van der Waals surface area contributed by atoms with Gasteiger partial charge in [0.2, 0.25) is 0 Å². The van der Waals surface area contributed by atoms with E-state index < -0.39 is 0 Å². The first-order chi connectivity index (χ1) is 14.1. The van der Waals surface area contributed by atoms with E-state index in [4.69, 9.17) is 10.5 Å². The number of rotatable bonds is 5. The summed E-state index contributed by atoms with van der Waals surface area (Å²) in [6, 6.07) is 23.9. The Morgan fingerprint density at radius 2 is 1.31 bits per heavy atom. The summed E-state index contributed by atoms with van der Waals surface area (Å²) in [6.07, 6.45) is 0. The summed E-state index contributed by atoms with van der Waals surface area (Å²) in [4.78, 5) is 24.6. The number of carbonyl (C=O) groups is 2. The lowest BCUT2D eigenvalue weighted by atomic mass is 10.1. The van der Waals surface area contributed by atoms with Gasteiger partial charge in [-0.15, -0.1) is 0 Å². The molecule has 0 unspecified atom stereocenters. The SMILES string of the molecule is N#Cc1ccc(C(=O)NCc2cccc(NC(=O)c3ccc(C#N)cc3)c2)cc1. The van der Waals surface area contributed by atoms with Gasteiger partial charge in [-0.3, -0.25) is 9.59 Å². The van der Waals surface area contributed by atoms with Crippen LogP contribution in [0.1, 0.15) is 37.4 Å². The zero-order chi connectivity index (χ0) is 20.6. The number of anilines is 1. The molecule has 0 spiro atoms.